The van der Waals surface area contributed by atoms with E-state index in [-0.39, 0.29) is 0 Å². The van der Waals surface area contributed by atoms with Crippen LogP contribution in [0, 0.1) is 0 Å². The number of nitrogens with zero attached hydrogens (tertiary/aromatic N) is 3. The van der Waals surface area contributed by atoms with Crippen LogP contribution in [0.4, 0.5) is 0 Å². The molecule has 0 aliphatic heterocycles. The minimum Gasteiger partial charge on any atom is -0.415 e. The first-order valence-corrected chi connectivity index (χ1v) is 6.22. The van der Waals surface area contributed by atoms with Gasteiger partial charge in [-0.2, -0.15) is 4.73 Å². The molecule has 0 saturated carbocycles. The number of aromatic nitrogens is 3. The van der Waals surface area contributed by atoms with E-state index >= 15 is 0 Å². The SMILES string of the molecule is COn1c(-c2cccnc2)nc2cc(Br)ccc21. The molecule has 1 aromatic carbocycles. The first kappa shape index (κ1) is 11.2. The first-order chi connectivity index (χ1) is 8.79. The number of hydrogen-bond donors (Lipinski definition) is 0. The quantitative estimate of drug-likeness (QED) is 0.731. The van der Waals surface area contributed by atoms with E-state index in [1.807, 2.05) is 30.3 Å². The molecule has 90 valence electrons. The molecule has 18 heavy (non-hydrogen) atoms. The molecule has 0 spiro atoms. The van der Waals surface area contributed by atoms with Gasteiger partial charge in [-0.25, -0.2) is 4.98 Å². The summed E-state index contributed by atoms with van der Waals surface area (Å²) in [5.41, 5.74) is 2.73. The summed E-state index contributed by atoms with van der Waals surface area (Å²) >= 11 is 3.44. The molecule has 0 radical (unpaired) electrons. The molecule has 3 rings (SSSR count). The van der Waals surface area contributed by atoms with Crippen LogP contribution in [0.3, 0.4) is 0 Å². The van der Waals surface area contributed by atoms with E-state index in [2.05, 4.69) is 25.9 Å². The Balaban J connectivity index is 2.29. The predicted octanol–water partition coefficient (Wildman–Crippen LogP) is 2.92. The van der Waals surface area contributed by atoms with E-state index in [0.717, 1.165) is 26.9 Å². The lowest BCUT2D eigenvalue weighted by Crippen LogP contribution is -2.07. The summed E-state index contributed by atoms with van der Waals surface area (Å²) in [5.74, 6) is 0.749. The molecule has 0 N–H and O–H groups in total. The van der Waals surface area contributed by atoms with Crippen molar-refractivity contribution >= 4 is 27.0 Å². The summed E-state index contributed by atoms with van der Waals surface area (Å²) in [6.07, 6.45) is 3.51. The largest absolute Gasteiger partial charge is 0.415 e. The van der Waals surface area contributed by atoms with Crippen LogP contribution in [0.5, 0.6) is 0 Å². The Morgan fingerprint density at radius 2 is 2.17 bits per heavy atom. The highest BCUT2D eigenvalue weighted by molar-refractivity contribution is 9.10. The van der Waals surface area contributed by atoms with E-state index in [1.165, 1.54) is 0 Å². The summed E-state index contributed by atoms with van der Waals surface area (Å²) < 4.78 is 2.70. The molecule has 0 aliphatic carbocycles. The van der Waals surface area contributed by atoms with Crippen LogP contribution < -0.4 is 4.84 Å². The van der Waals surface area contributed by atoms with E-state index in [9.17, 15) is 0 Å². The maximum absolute atomic E-state index is 5.40. The van der Waals surface area contributed by atoms with Gasteiger partial charge in [0, 0.05) is 22.4 Å². The Labute approximate surface area is 112 Å². The maximum atomic E-state index is 5.40. The second kappa shape index (κ2) is 4.42. The molecule has 3 aromatic rings. The molecule has 0 bridgehead atoms. The Morgan fingerprint density at radius 1 is 1.28 bits per heavy atom. The van der Waals surface area contributed by atoms with E-state index in [0.29, 0.717) is 0 Å². The fourth-order valence-corrected chi connectivity index (χ4v) is 2.24. The highest BCUT2D eigenvalue weighted by atomic mass is 79.9. The van der Waals surface area contributed by atoms with Gasteiger partial charge in [-0.1, -0.05) is 15.9 Å². The zero-order valence-electron chi connectivity index (χ0n) is 9.67. The summed E-state index contributed by atoms with van der Waals surface area (Å²) in [5, 5.41) is 0. The van der Waals surface area contributed by atoms with Gasteiger partial charge in [0.15, 0.2) is 5.82 Å². The number of fused-ring (bicyclic) bond motifs is 1. The lowest BCUT2D eigenvalue weighted by molar-refractivity contribution is 0.182. The van der Waals surface area contributed by atoms with Crippen LogP contribution in [0.25, 0.3) is 22.4 Å². The maximum Gasteiger partial charge on any atom is 0.178 e. The smallest absolute Gasteiger partial charge is 0.178 e. The summed E-state index contributed by atoms with van der Waals surface area (Å²) in [7, 11) is 1.63. The van der Waals surface area contributed by atoms with Gasteiger partial charge in [0.1, 0.15) is 12.6 Å². The van der Waals surface area contributed by atoms with E-state index < -0.39 is 0 Å². The molecule has 0 amide bonds. The Bertz CT molecular complexity index is 694. The topological polar surface area (TPSA) is 39.9 Å². The van der Waals surface area contributed by atoms with Crippen LogP contribution in [0.2, 0.25) is 0 Å². The molecule has 0 unspecified atom stereocenters. The van der Waals surface area contributed by atoms with Gasteiger partial charge in [0.2, 0.25) is 0 Å². The number of rotatable bonds is 2. The molecular weight excluding hydrogens is 294 g/mol. The first-order valence-electron chi connectivity index (χ1n) is 5.42. The van der Waals surface area contributed by atoms with Crippen LogP contribution in [-0.2, 0) is 0 Å². The zero-order valence-corrected chi connectivity index (χ0v) is 11.3. The van der Waals surface area contributed by atoms with Gasteiger partial charge in [0.05, 0.1) is 5.52 Å². The van der Waals surface area contributed by atoms with Crippen molar-refractivity contribution in [2.24, 2.45) is 0 Å². The molecule has 4 nitrogen and oxygen atoms in total. The van der Waals surface area contributed by atoms with E-state index in [4.69, 9.17) is 4.84 Å². The second-order valence-corrected chi connectivity index (χ2v) is 4.70. The van der Waals surface area contributed by atoms with Gasteiger partial charge in [0.25, 0.3) is 0 Å². The molecule has 0 fully saturated rings. The summed E-state index contributed by atoms with van der Waals surface area (Å²) in [6, 6.07) is 9.73. The van der Waals surface area contributed by atoms with Gasteiger partial charge >= 0.3 is 0 Å². The zero-order chi connectivity index (χ0) is 12.5. The molecular formula is C13H10BrN3O. The number of hydrogen-bond acceptors (Lipinski definition) is 3. The average molecular weight is 304 g/mol. The lowest BCUT2D eigenvalue weighted by atomic mass is 10.3. The number of halogens is 1. The fraction of sp³-hybridized carbons (Fsp3) is 0.0769. The molecule has 0 aliphatic rings. The van der Waals surface area contributed by atoms with Crippen molar-refractivity contribution in [1.82, 2.24) is 14.7 Å². The molecule has 0 saturated heterocycles. The number of benzene rings is 1. The Morgan fingerprint density at radius 3 is 2.89 bits per heavy atom. The molecule has 2 heterocycles. The third-order valence-corrected chi connectivity index (χ3v) is 3.17. The third kappa shape index (κ3) is 1.76. The van der Waals surface area contributed by atoms with Gasteiger partial charge in [-0.3, -0.25) is 4.98 Å². The van der Waals surface area contributed by atoms with Crippen molar-refractivity contribution in [3.8, 4) is 11.4 Å². The normalized spacial score (nSPS) is 10.8. The van der Waals surface area contributed by atoms with Crippen LogP contribution in [0.1, 0.15) is 0 Å². The van der Waals surface area contributed by atoms with Gasteiger partial charge in [-0.15, -0.1) is 0 Å². The standard InChI is InChI=1S/C13H10BrN3O/c1-18-17-12-5-4-10(14)7-11(12)16-13(17)9-3-2-6-15-8-9/h2-8H,1H3. The van der Waals surface area contributed by atoms with Crippen LogP contribution in [0.15, 0.2) is 47.2 Å². The third-order valence-electron chi connectivity index (χ3n) is 2.68. The van der Waals surface area contributed by atoms with Crippen molar-refractivity contribution in [2.75, 3.05) is 7.11 Å². The van der Waals surface area contributed by atoms with Crippen molar-refractivity contribution < 1.29 is 4.84 Å². The number of imidazole rings is 1. The monoisotopic (exact) mass is 303 g/mol. The van der Waals surface area contributed by atoms with Crippen molar-refractivity contribution in [1.29, 1.82) is 0 Å². The van der Waals surface area contributed by atoms with Gasteiger partial charge < -0.3 is 4.84 Å². The minimum atomic E-state index is 0.749. The van der Waals surface area contributed by atoms with Crippen molar-refractivity contribution in [3.63, 3.8) is 0 Å². The molecule has 5 heteroatoms. The Kier molecular flexibility index (Phi) is 2.76. The summed E-state index contributed by atoms with van der Waals surface area (Å²) in [6.45, 7) is 0. The molecule has 2 aromatic heterocycles. The minimum absolute atomic E-state index is 0.749. The lowest BCUT2D eigenvalue weighted by Gasteiger charge is -2.05. The number of pyridine rings is 1. The van der Waals surface area contributed by atoms with Crippen molar-refractivity contribution in [2.45, 2.75) is 0 Å². The fourth-order valence-electron chi connectivity index (χ4n) is 1.89. The van der Waals surface area contributed by atoms with E-state index in [1.54, 1.807) is 24.2 Å². The van der Waals surface area contributed by atoms with Crippen molar-refractivity contribution in [3.05, 3.63) is 47.2 Å². The van der Waals surface area contributed by atoms with Crippen LogP contribution >= 0.6 is 15.9 Å². The van der Waals surface area contributed by atoms with Gasteiger partial charge in [-0.05, 0) is 30.3 Å². The summed E-state index contributed by atoms with van der Waals surface area (Å²) in [4.78, 5) is 14.1. The Hall–Kier alpha value is -1.88. The highest BCUT2D eigenvalue weighted by Crippen LogP contribution is 2.25. The second-order valence-electron chi connectivity index (χ2n) is 3.79. The molecule has 0 atom stereocenters. The highest BCUT2D eigenvalue weighted by Gasteiger charge is 2.13. The average Bonchev–Trinajstić information content (AvgIpc) is 2.77. The van der Waals surface area contributed by atoms with Crippen LogP contribution in [-0.4, -0.2) is 21.8 Å². The predicted molar refractivity (Wildman–Crippen MR) is 73.2 cm³/mol.